The molecule has 0 spiro atoms. The molecule has 4 rings (SSSR count). The summed E-state index contributed by atoms with van der Waals surface area (Å²) in [5.41, 5.74) is 1.98. The summed E-state index contributed by atoms with van der Waals surface area (Å²) in [6.07, 6.45) is 0.667. The van der Waals surface area contributed by atoms with Gasteiger partial charge in [0.15, 0.2) is 5.13 Å². The Morgan fingerprint density at radius 2 is 1.78 bits per heavy atom. The van der Waals surface area contributed by atoms with Crippen LogP contribution >= 0.6 is 22.9 Å². The van der Waals surface area contributed by atoms with E-state index in [-0.39, 0.29) is 34.5 Å². The number of aromatic nitrogens is 1. The molecule has 11 heteroatoms. The summed E-state index contributed by atoms with van der Waals surface area (Å²) in [4.78, 5) is 56.9. The number of hydrogen-bond acceptors (Lipinski definition) is 8. The molecule has 1 aromatic heterocycles. The zero-order chi connectivity index (χ0) is 26.7. The summed E-state index contributed by atoms with van der Waals surface area (Å²) in [7, 11) is 0. The van der Waals surface area contributed by atoms with E-state index in [4.69, 9.17) is 16.3 Å². The molecular formula is C26H23ClN4O5S. The van der Waals surface area contributed by atoms with Crippen molar-refractivity contribution in [2.45, 2.75) is 27.2 Å². The average Bonchev–Trinajstić information content (AvgIpc) is 3.31. The van der Waals surface area contributed by atoms with E-state index in [1.807, 2.05) is 20.8 Å². The van der Waals surface area contributed by atoms with Crippen LogP contribution in [0.3, 0.4) is 0 Å². The third-order valence-electron chi connectivity index (χ3n) is 5.47. The molecule has 2 aromatic carbocycles. The number of rotatable bonds is 8. The smallest absolute Gasteiger partial charge is 0.338 e. The van der Waals surface area contributed by atoms with Crippen LogP contribution in [-0.2, 0) is 14.3 Å². The number of imide groups is 1. The molecule has 0 saturated carbocycles. The highest BCUT2D eigenvalue weighted by molar-refractivity contribution is 7.15. The molecule has 3 aromatic rings. The van der Waals surface area contributed by atoms with Gasteiger partial charge in [0, 0.05) is 16.1 Å². The van der Waals surface area contributed by atoms with Crippen molar-refractivity contribution < 1.29 is 23.9 Å². The van der Waals surface area contributed by atoms with E-state index >= 15 is 0 Å². The van der Waals surface area contributed by atoms with Crippen LogP contribution in [-0.4, -0.2) is 35.3 Å². The van der Waals surface area contributed by atoms with Crippen LogP contribution in [0.4, 0.5) is 16.5 Å². The fourth-order valence-electron chi connectivity index (χ4n) is 3.44. The molecule has 0 radical (unpaired) electrons. The van der Waals surface area contributed by atoms with Crippen molar-refractivity contribution in [2.75, 3.05) is 22.1 Å². The minimum atomic E-state index is -0.724. The molecule has 0 atom stereocenters. The molecule has 2 heterocycles. The first-order valence-corrected chi connectivity index (χ1v) is 12.6. The van der Waals surface area contributed by atoms with E-state index in [9.17, 15) is 19.2 Å². The molecule has 1 aliphatic rings. The van der Waals surface area contributed by atoms with Crippen LogP contribution in [0.15, 0.2) is 59.3 Å². The first-order valence-electron chi connectivity index (χ1n) is 11.4. The number of anilines is 3. The van der Waals surface area contributed by atoms with Gasteiger partial charge < -0.3 is 10.1 Å². The maximum atomic E-state index is 13.1. The van der Waals surface area contributed by atoms with Gasteiger partial charge >= 0.3 is 5.97 Å². The SMILES string of the molecule is CCCOC(=O)c1cccc(N2C(=O)C(Cl)=C(Nc3ccc(C(=O)Nc4nc(C)c(C)s4)cc3)C2=O)c1. The number of thiazole rings is 1. The van der Waals surface area contributed by atoms with E-state index in [1.54, 1.807) is 30.3 Å². The molecular weight excluding hydrogens is 516 g/mol. The summed E-state index contributed by atoms with van der Waals surface area (Å²) in [5.74, 6) is -2.28. The lowest BCUT2D eigenvalue weighted by molar-refractivity contribution is -0.120. The van der Waals surface area contributed by atoms with Crippen LogP contribution in [0, 0.1) is 13.8 Å². The lowest BCUT2D eigenvalue weighted by Gasteiger charge is -2.16. The quantitative estimate of drug-likeness (QED) is 0.305. The third kappa shape index (κ3) is 5.55. The monoisotopic (exact) mass is 538 g/mol. The molecule has 0 saturated heterocycles. The van der Waals surface area contributed by atoms with Crippen LogP contribution in [0.1, 0.15) is 44.6 Å². The van der Waals surface area contributed by atoms with Gasteiger partial charge in [0.1, 0.15) is 10.7 Å². The molecule has 9 nitrogen and oxygen atoms in total. The molecule has 0 fully saturated rings. The number of amides is 3. The number of nitrogens with zero attached hydrogens (tertiary/aromatic N) is 2. The number of esters is 1. The van der Waals surface area contributed by atoms with Crippen LogP contribution < -0.4 is 15.5 Å². The van der Waals surface area contributed by atoms with Crippen LogP contribution in [0.25, 0.3) is 0 Å². The number of ether oxygens (including phenoxy) is 1. The van der Waals surface area contributed by atoms with Gasteiger partial charge in [0.2, 0.25) is 0 Å². The highest BCUT2D eigenvalue weighted by Crippen LogP contribution is 2.31. The van der Waals surface area contributed by atoms with Gasteiger partial charge in [-0.25, -0.2) is 14.7 Å². The Hall–Kier alpha value is -4.02. The molecule has 37 heavy (non-hydrogen) atoms. The van der Waals surface area contributed by atoms with Gasteiger partial charge in [-0.15, -0.1) is 11.3 Å². The Kier molecular flexibility index (Phi) is 7.70. The summed E-state index contributed by atoms with van der Waals surface area (Å²) in [6.45, 7) is 5.93. The van der Waals surface area contributed by atoms with Gasteiger partial charge in [0.05, 0.1) is 23.6 Å². The Balaban J connectivity index is 1.47. The lowest BCUT2D eigenvalue weighted by atomic mass is 10.2. The van der Waals surface area contributed by atoms with Crippen molar-refractivity contribution in [1.82, 2.24) is 4.98 Å². The first-order chi connectivity index (χ1) is 17.7. The number of carbonyl (C=O) groups is 4. The molecule has 0 aliphatic carbocycles. The predicted molar refractivity (Wildman–Crippen MR) is 142 cm³/mol. The lowest BCUT2D eigenvalue weighted by Crippen LogP contribution is -2.32. The zero-order valence-electron chi connectivity index (χ0n) is 20.3. The van der Waals surface area contributed by atoms with Crippen molar-refractivity contribution in [2.24, 2.45) is 0 Å². The predicted octanol–water partition coefficient (Wildman–Crippen LogP) is 5.01. The van der Waals surface area contributed by atoms with Crippen molar-refractivity contribution in [3.05, 3.63) is 81.0 Å². The molecule has 3 amide bonds. The molecule has 190 valence electrons. The highest BCUT2D eigenvalue weighted by atomic mass is 35.5. The Labute approximate surface area is 222 Å². The van der Waals surface area contributed by atoms with Gasteiger partial charge in [-0.05, 0) is 62.7 Å². The maximum absolute atomic E-state index is 13.1. The average molecular weight is 539 g/mol. The van der Waals surface area contributed by atoms with Gasteiger partial charge in [-0.3, -0.25) is 19.7 Å². The Morgan fingerprint density at radius 1 is 1.05 bits per heavy atom. The second-order valence-electron chi connectivity index (χ2n) is 8.14. The fraction of sp³-hybridized carbons (Fsp3) is 0.192. The molecule has 2 N–H and O–H groups in total. The molecule has 1 aliphatic heterocycles. The Morgan fingerprint density at radius 3 is 2.43 bits per heavy atom. The minimum absolute atomic E-state index is 0.114. The van der Waals surface area contributed by atoms with Gasteiger partial charge in [-0.2, -0.15) is 0 Å². The normalized spacial score (nSPS) is 13.2. The number of nitrogens with one attached hydrogen (secondary N) is 2. The fourth-order valence-corrected chi connectivity index (χ4v) is 4.46. The third-order valence-corrected chi connectivity index (χ3v) is 6.81. The molecule has 0 bridgehead atoms. The highest BCUT2D eigenvalue weighted by Gasteiger charge is 2.39. The summed E-state index contributed by atoms with van der Waals surface area (Å²) >= 11 is 7.61. The number of halogens is 1. The zero-order valence-corrected chi connectivity index (χ0v) is 21.8. The number of aryl methyl sites for hydroxylation is 2. The first kappa shape index (κ1) is 26.1. The van der Waals surface area contributed by atoms with E-state index in [0.717, 1.165) is 15.5 Å². The second-order valence-corrected chi connectivity index (χ2v) is 9.72. The van der Waals surface area contributed by atoms with Crippen LogP contribution in [0.5, 0.6) is 0 Å². The topological polar surface area (TPSA) is 118 Å². The summed E-state index contributed by atoms with van der Waals surface area (Å²) in [5, 5.41) is 5.84. The van der Waals surface area contributed by atoms with Crippen LogP contribution in [0.2, 0.25) is 0 Å². The summed E-state index contributed by atoms with van der Waals surface area (Å²) < 4.78 is 5.13. The summed E-state index contributed by atoms with van der Waals surface area (Å²) in [6, 6.07) is 12.3. The van der Waals surface area contributed by atoms with Gasteiger partial charge in [-0.1, -0.05) is 24.6 Å². The molecule has 0 unspecified atom stereocenters. The number of carbonyl (C=O) groups excluding carboxylic acids is 4. The van der Waals surface area contributed by atoms with Gasteiger partial charge in [0.25, 0.3) is 17.7 Å². The minimum Gasteiger partial charge on any atom is -0.462 e. The maximum Gasteiger partial charge on any atom is 0.338 e. The van der Waals surface area contributed by atoms with Crippen molar-refractivity contribution >= 4 is 63.1 Å². The van der Waals surface area contributed by atoms with Crippen molar-refractivity contribution in [3.8, 4) is 0 Å². The van der Waals surface area contributed by atoms with Crippen molar-refractivity contribution in [1.29, 1.82) is 0 Å². The van der Waals surface area contributed by atoms with E-state index in [0.29, 0.717) is 22.8 Å². The van der Waals surface area contributed by atoms with E-state index in [2.05, 4.69) is 15.6 Å². The number of benzene rings is 2. The largest absolute Gasteiger partial charge is 0.462 e. The number of hydrogen-bond donors (Lipinski definition) is 2. The second kappa shape index (κ2) is 10.9. The van der Waals surface area contributed by atoms with Crippen molar-refractivity contribution in [3.63, 3.8) is 0 Å². The van der Waals surface area contributed by atoms with E-state index in [1.165, 1.54) is 29.5 Å². The standard InChI is InChI=1S/C26H23ClN4O5S/c1-4-12-36-25(35)17-6-5-7-19(13-17)31-23(33)20(27)21(24(31)34)29-18-10-8-16(9-11-18)22(32)30-26-28-14(2)15(3)37-26/h5-11,13,29H,4,12H2,1-3H3,(H,28,30,32). The van der Waals surface area contributed by atoms with E-state index < -0.39 is 17.8 Å². The Bertz CT molecular complexity index is 1410.